The van der Waals surface area contributed by atoms with Crippen LogP contribution in [0.3, 0.4) is 0 Å². The van der Waals surface area contributed by atoms with Crippen LogP contribution in [-0.2, 0) is 9.59 Å². The van der Waals surface area contributed by atoms with Crippen molar-refractivity contribution in [2.24, 2.45) is 0 Å². The van der Waals surface area contributed by atoms with Gasteiger partial charge in [0.1, 0.15) is 6.04 Å². The molecule has 0 aliphatic rings. The van der Waals surface area contributed by atoms with E-state index < -0.39 is 41.7 Å². The van der Waals surface area contributed by atoms with E-state index in [1.54, 1.807) is 0 Å². The number of carbonyl (C=O) groups is 3. The normalized spacial score (nSPS) is 11.6. The Morgan fingerprint density at radius 2 is 1.89 bits per heavy atom. The maximum Gasteiger partial charge on any atom is 0.326 e. The highest BCUT2D eigenvalue weighted by Gasteiger charge is 2.23. The van der Waals surface area contributed by atoms with Crippen LogP contribution in [0.4, 0.5) is 0 Å². The van der Waals surface area contributed by atoms with Gasteiger partial charge in [-0.3, -0.25) is 19.4 Å². The minimum absolute atomic E-state index is 0.280. The average Bonchev–Trinajstić information content (AvgIpc) is 2.25. The summed E-state index contributed by atoms with van der Waals surface area (Å²) in [5.41, 5.74) is -1.03. The predicted octanol–water partition coefficient (Wildman–Crippen LogP) is -1.26. The topological polar surface area (TPSA) is 157 Å². The first kappa shape index (κ1) is 14.2. The van der Waals surface area contributed by atoms with E-state index in [0.29, 0.717) is 0 Å². The lowest BCUT2D eigenvalue weighted by atomic mass is 10.2. The van der Waals surface area contributed by atoms with Crippen LogP contribution in [0.5, 0.6) is 5.88 Å². The summed E-state index contributed by atoms with van der Waals surface area (Å²) in [5, 5.41) is 28.2. The first-order chi connectivity index (χ1) is 8.79. The molecule has 1 unspecified atom stereocenters. The summed E-state index contributed by atoms with van der Waals surface area (Å²) in [6.07, 6.45) is -0.809. The van der Waals surface area contributed by atoms with Gasteiger partial charge < -0.3 is 20.6 Å². The summed E-state index contributed by atoms with van der Waals surface area (Å²) in [4.78, 5) is 45.8. The van der Waals surface area contributed by atoms with Gasteiger partial charge in [-0.1, -0.05) is 0 Å². The molecule has 1 rings (SSSR count). The minimum Gasteiger partial charge on any atom is -0.494 e. The first-order valence-electron chi connectivity index (χ1n) is 4.98. The number of aromatic nitrogens is 1. The van der Waals surface area contributed by atoms with E-state index in [0.717, 1.165) is 12.1 Å². The van der Waals surface area contributed by atoms with Crippen molar-refractivity contribution in [3.05, 3.63) is 28.0 Å². The van der Waals surface area contributed by atoms with Crippen molar-refractivity contribution >= 4 is 17.8 Å². The summed E-state index contributed by atoms with van der Waals surface area (Å²) in [6, 6.07) is 0.122. The molecule has 0 aliphatic heterocycles. The SMILES string of the molecule is O=C(O)CC(NC(=O)c1cc(O)[nH]c(=O)c1)C(=O)O. The van der Waals surface area contributed by atoms with E-state index in [1.807, 2.05) is 10.3 Å². The lowest BCUT2D eigenvalue weighted by molar-refractivity contribution is -0.145. The molecule has 0 spiro atoms. The number of aliphatic carboxylic acids is 2. The van der Waals surface area contributed by atoms with Crippen LogP contribution < -0.4 is 10.9 Å². The highest BCUT2D eigenvalue weighted by Crippen LogP contribution is 2.05. The van der Waals surface area contributed by atoms with Gasteiger partial charge in [0.15, 0.2) is 5.88 Å². The minimum atomic E-state index is -1.63. The number of aromatic amines is 1. The monoisotopic (exact) mass is 270 g/mol. The van der Waals surface area contributed by atoms with Gasteiger partial charge in [0, 0.05) is 12.1 Å². The average molecular weight is 270 g/mol. The molecule has 102 valence electrons. The van der Waals surface area contributed by atoms with E-state index in [-0.39, 0.29) is 5.56 Å². The number of carboxylic acids is 2. The Hall–Kier alpha value is -2.84. The van der Waals surface area contributed by atoms with Gasteiger partial charge >= 0.3 is 11.9 Å². The van der Waals surface area contributed by atoms with Gasteiger partial charge in [-0.15, -0.1) is 0 Å². The number of hydrogen-bond acceptors (Lipinski definition) is 5. The van der Waals surface area contributed by atoms with Crippen LogP contribution in [0.2, 0.25) is 0 Å². The second-order valence-electron chi connectivity index (χ2n) is 3.58. The van der Waals surface area contributed by atoms with E-state index in [4.69, 9.17) is 15.3 Å². The summed E-state index contributed by atoms with van der Waals surface area (Å²) < 4.78 is 0. The summed E-state index contributed by atoms with van der Waals surface area (Å²) in [7, 11) is 0. The molecule has 0 fully saturated rings. The molecule has 1 amide bonds. The van der Waals surface area contributed by atoms with Crippen LogP contribution in [0.25, 0.3) is 0 Å². The maximum absolute atomic E-state index is 11.6. The molecule has 5 N–H and O–H groups in total. The summed E-state index contributed by atoms with van der Waals surface area (Å²) >= 11 is 0. The number of nitrogens with one attached hydrogen (secondary N) is 2. The fourth-order valence-corrected chi connectivity index (χ4v) is 1.28. The zero-order valence-electron chi connectivity index (χ0n) is 9.41. The third-order valence-corrected chi connectivity index (χ3v) is 2.07. The second-order valence-corrected chi connectivity index (χ2v) is 3.58. The van der Waals surface area contributed by atoms with Gasteiger partial charge in [-0.05, 0) is 0 Å². The third-order valence-electron chi connectivity index (χ3n) is 2.07. The lowest BCUT2D eigenvalue weighted by Crippen LogP contribution is -2.42. The number of amides is 1. The Morgan fingerprint density at radius 1 is 1.26 bits per heavy atom. The maximum atomic E-state index is 11.6. The van der Waals surface area contributed by atoms with Crippen molar-refractivity contribution in [3.8, 4) is 5.88 Å². The molecule has 9 nitrogen and oxygen atoms in total. The van der Waals surface area contributed by atoms with Crippen molar-refractivity contribution in [2.45, 2.75) is 12.5 Å². The largest absolute Gasteiger partial charge is 0.494 e. The van der Waals surface area contributed by atoms with Crippen LogP contribution in [0.15, 0.2) is 16.9 Å². The van der Waals surface area contributed by atoms with Crippen molar-refractivity contribution in [3.63, 3.8) is 0 Å². The van der Waals surface area contributed by atoms with Crippen LogP contribution in [0, 0.1) is 0 Å². The molecule has 1 aromatic heterocycles. The lowest BCUT2D eigenvalue weighted by Gasteiger charge is -2.12. The van der Waals surface area contributed by atoms with Crippen LogP contribution in [0.1, 0.15) is 16.8 Å². The molecule has 1 heterocycles. The van der Waals surface area contributed by atoms with Gasteiger partial charge in [-0.2, -0.15) is 0 Å². The molecule has 0 bridgehead atoms. The first-order valence-corrected chi connectivity index (χ1v) is 4.98. The molecular weight excluding hydrogens is 260 g/mol. The fraction of sp³-hybridized carbons (Fsp3) is 0.200. The van der Waals surface area contributed by atoms with E-state index in [2.05, 4.69) is 0 Å². The molecule has 0 aromatic carbocycles. The smallest absolute Gasteiger partial charge is 0.326 e. The van der Waals surface area contributed by atoms with E-state index in [9.17, 15) is 19.2 Å². The number of rotatable bonds is 5. The standard InChI is InChI=1S/C10H10N2O7/c13-6-1-4(2-7(14)12-6)9(17)11-5(10(18)19)3-8(15)16/h1-2,5H,3H2,(H,11,17)(H,15,16)(H,18,19)(H2,12,13,14). The zero-order valence-corrected chi connectivity index (χ0v) is 9.41. The van der Waals surface area contributed by atoms with Crippen molar-refractivity contribution in [2.75, 3.05) is 0 Å². The highest BCUT2D eigenvalue weighted by atomic mass is 16.4. The number of aromatic hydroxyl groups is 1. The van der Waals surface area contributed by atoms with Crippen molar-refractivity contribution in [1.82, 2.24) is 10.3 Å². The molecule has 0 aliphatic carbocycles. The molecule has 0 radical (unpaired) electrons. The molecular formula is C10H10N2O7. The predicted molar refractivity (Wildman–Crippen MR) is 59.9 cm³/mol. The Bertz CT molecular complexity index is 577. The third kappa shape index (κ3) is 4.15. The van der Waals surface area contributed by atoms with Crippen LogP contribution in [-0.4, -0.2) is 44.2 Å². The summed E-state index contributed by atoms with van der Waals surface area (Å²) in [6.45, 7) is 0. The van der Waals surface area contributed by atoms with Crippen molar-refractivity contribution in [1.29, 1.82) is 0 Å². The van der Waals surface area contributed by atoms with Crippen LogP contribution >= 0.6 is 0 Å². The molecule has 19 heavy (non-hydrogen) atoms. The molecule has 1 atom stereocenters. The molecule has 0 saturated carbocycles. The fourth-order valence-electron chi connectivity index (χ4n) is 1.28. The van der Waals surface area contributed by atoms with E-state index >= 15 is 0 Å². The Labute approximate surface area is 105 Å². The van der Waals surface area contributed by atoms with Gasteiger partial charge in [0.05, 0.1) is 12.0 Å². The number of carboxylic acid groups (broad SMARTS) is 2. The van der Waals surface area contributed by atoms with Gasteiger partial charge in [-0.25, -0.2) is 4.79 Å². The molecule has 9 heteroatoms. The van der Waals surface area contributed by atoms with Crippen molar-refractivity contribution < 1.29 is 29.7 Å². The summed E-state index contributed by atoms with van der Waals surface area (Å²) in [5.74, 6) is -4.47. The second kappa shape index (κ2) is 5.67. The molecule has 1 aromatic rings. The molecule has 0 saturated heterocycles. The number of pyridine rings is 1. The quantitative estimate of drug-likeness (QED) is 0.446. The highest BCUT2D eigenvalue weighted by molar-refractivity contribution is 5.97. The Kier molecular flexibility index (Phi) is 4.24. The zero-order chi connectivity index (χ0) is 14.6. The van der Waals surface area contributed by atoms with Gasteiger partial charge in [0.2, 0.25) is 0 Å². The Balaban J connectivity index is 2.90. The Morgan fingerprint density at radius 3 is 2.37 bits per heavy atom. The van der Waals surface area contributed by atoms with Gasteiger partial charge in [0.25, 0.3) is 11.5 Å². The number of H-pyrrole nitrogens is 1. The number of carbonyl (C=O) groups excluding carboxylic acids is 1. The van der Waals surface area contributed by atoms with E-state index in [1.165, 1.54) is 0 Å². The number of hydrogen-bond donors (Lipinski definition) is 5.